The third-order valence-corrected chi connectivity index (χ3v) is 4.32. The van der Waals surface area contributed by atoms with Crippen LogP contribution in [0, 0.1) is 11.8 Å². The van der Waals surface area contributed by atoms with Crippen LogP contribution in [0.15, 0.2) is 16.3 Å². The van der Waals surface area contributed by atoms with Crippen molar-refractivity contribution >= 4 is 27.3 Å². The first-order valence-corrected chi connectivity index (χ1v) is 7.05. The Bertz CT molecular complexity index is 563. The Morgan fingerprint density at radius 2 is 2.29 bits per heavy atom. The van der Waals surface area contributed by atoms with Crippen LogP contribution in [0.4, 0.5) is 0 Å². The number of nitrogens with one attached hydrogen (secondary N) is 1. The van der Waals surface area contributed by atoms with E-state index in [4.69, 9.17) is 5.11 Å². The molecular formula is C10H11NO4S2. The summed E-state index contributed by atoms with van der Waals surface area (Å²) >= 11 is 0.882. The Morgan fingerprint density at radius 1 is 1.59 bits per heavy atom. The Labute approximate surface area is 104 Å². The molecule has 0 saturated carbocycles. The number of carbonyl (C=O) groups is 1. The third kappa shape index (κ3) is 3.85. The Hall–Kier alpha value is -1.36. The molecule has 0 bridgehead atoms. The lowest BCUT2D eigenvalue weighted by molar-refractivity contribution is 0.0702. The topological polar surface area (TPSA) is 83.5 Å². The second kappa shape index (κ2) is 5.82. The minimum absolute atomic E-state index is 0.00118. The van der Waals surface area contributed by atoms with Crippen molar-refractivity contribution in [2.45, 2.75) is 18.2 Å². The first kappa shape index (κ1) is 13.7. The van der Waals surface area contributed by atoms with Gasteiger partial charge in [0.15, 0.2) is 0 Å². The second-order valence-corrected chi connectivity index (χ2v) is 5.70. The summed E-state index contributed by atoms with van der Waals surface area (Å²) in [6.45, 7) is 1.88. The molecule has 1 heterocycles. The highest BCUT2D eigenvalue weighted by Crippen LogP contribution is 2.18. The van der Waals surface area contributed by atoms with E-state index >= 15 is 0 Å². The summed E-state index contributed by atoms with van der Waals surface area (Å²) in [5.41, 5.74) is 0. The summed E-state index contributed by atoms with van der Waals surface area (Å²) in [7, 11) is -3.62. The number of rotatable bonds is 5. The van der Waals surface area contributed by atoms with E-state index in [2.05, 4.69) is 16.6 Å². The van der Waals surface area contributed by atoms with Crippen LogP contribution in [0.5, 0.6) is 0 Å². The normalized spacial score (nSPS) is 10.6. The van der Waals surface area contributed by atoms with Crippen molar-refractivity contribution in [1.29, 1.82) is 0 Å². The van der Waals surface area contributed by atoms with Gasteiger partial charge in [-0.3, -0.25) is 0 Å². The minimum Gasteiger partial charge on any atom is -0.477 e. The molecule has 17 heavy (non-hydrogen) atoms. The summed E-state index contributed by atoms with van der Waals surface area (Å²) in [5, 5.41) is 9.99. The van der Waals surface area contributed by atoms with Gasteiger partial charge in [-0.1, -0.05) is 0 Å². The smallest absolute Gasteiger partial charge is 0.345 e. The van der Waals surface area contributed by atoms with Crippen LogP contribution in [-0.2, 0) is 10.0 Å². The zero-order chi connectivity index (χ0) is 12.9. The summed E-state index contributed by atoms with van der Waals surface area (Å²) < 4.78 is 25.7. The lowest BCUT2D eigenvalue weighted by Gasteiger charge is -2.01. The van der Waals surface area contributed by atoms with Crippen LogP contribution in [0.3, 0.4) is 0 Å². The SMILES string of the molecule is CC#CCCNS(=O)(=O)c1csc(C(=O)O)c1. The molecule has 5 nitrogen and oxygen atoms in total. The van der Waals surface area contributed by atoms with Gasteiger partial charge in [-0.15, -0.1) is 23.2 Å². The molecule has 0 fully saturated rings. The zero-order valence-corrected chi connectivity index (χ0v) is 10.7. The van der Waals surface area contributed by atoms with Crippen LogP contribution in [0.2, 0.25) is 0 Å². The lowest BCUT2D eigenvalue weighted by Crippen LogP contribution is -2.24. The van der Waals surface area contributed by atoms with Crippen molar-refractivity contribution in [3.05, 3.63) is 16.3 Å². The molecule has 0 aliphatic rings. The highest BCUT2D eigenvalue weighted by molar-refractivity contribution is 7.89. The van der Waals surface area contributed by atoms with Crippen LogP contribution in [0.1, 0.15) is 23.0 Å². The van der Waals surface area contributed by atoms with E-state index in [-0.39, 0.29) is 16.3 Å². The van der Waals surface area contributed by atoms with Crippen molar-refractivity contribution in [2.75, 3.05) is 6.54 Å². The van der Waals surface area contributed by atoms with E-state index in [0.29, 0.717) is 6.42 Å². The van der Waals surface area contributed by atoms with Crippen LogP contribution >= 0.6 is 11.3 Å². The predicted molar refractivity (Wildman–Crippen MR) is 64.5 cm³/mol. The van der Waals surface area contributed by atoms with E-state index < -0.39 is 16.0 Å². The fourth-order valence-electron chi connectivity index (χ4n) is 1.03. The van der Waals surface area contributed by atoms with Gasteiger partial charge in [-0.25, -0.2) is 17.9 Å². The highest BCUT2D eigenvalue weighted by Gasteiger charge is 2.17. The number of aromatic carboxylic acids is 1. The molecule has 0 spiro atoms. The predicted octanol–water partition coefficient (Wildman–Crippen LogP) is 1.14. The van der Waals surface area contributed by atoms with Crippen molar-refractivity contribution < 1.29 is 18.3 Å². The Morgan fingerprint density at radius 3 is 2.82 bits per heavy atom. The molecule has 0 amide bonds. The van der Waals surface area contributed by atoms with Gasteiger partial charge in [-0.2, -0.15) is 0 Å². The summed E-state index contributed by atoms with van der Waals surface area (Å²) in [6.07, 6.45) is 0.422. The van der Waals surface area contributed by atoms with Crippen LogP contribution in [0.25, 0.3) is 0 Å². The maximum absolute atomic E-state index is 11.7. The molecule has 1 aromatic rings. The van der Waals surface area contributed by atoms with Gasteiger partial charge in [0.05, 0.1) is 4.90 Å². The van der Waals surface area contributed by atoms with Gasteiger partial charge in [0, 0.05) is 18.3 Å². The summed E-state index contributed by atoms with van der Waals surface area (Å²) in [4.78, 5) is 10.6. The molecule has 1 aromatic heterocycles. The fraction of sp³-hybridized carbons (Fsp3) is 0.300. The third-order valence-electron chi connectivity index (χ3n) is 1.82. The van der Waals surface area contributed by atoms with Crippen LogP contribution in [-0.4, -0.2) is 26.0 Å². The molecule has 0 radical (unpaired) electrons. The van der Waals surface area contributed by atoms with Gasteiger partial charge in [-0.05, 0) is 13.0 Å². The first-order chi connectivity index (χ1) is 7.97. The Kier molecular flexibility index (Phi) is 4.69. The number of carboxylic acids is 1. The van der Waals surface area contributed by atoms with Crippen molar-refractivity contribution in [3.63, 3.8) is 0 Å². The molecule has 0 aliphatic carbocycles. The number of hydrogen-bond acceptors (Lipinski definition) is 4. The number of carboxylic acid groups (broad SMARTS) is 1. The summed E-state index contributed by atoms with van der Waals surface area (Å²) in [5.74, 6) is 4.25. The molecule has 0 aliphatic heterocycles. The zero-order valence-electron chi connectivity index (χ0n) is 9.06. The molecular weight excluding hydrogens is 262 g/mol. The van der Waals surface area contributed by atoms with E-state index in [1.165, 1.54) is 5.38 Å². The van der Waals surface area contributed by atoms with Gasteiger partial charge in [0.2, 0.25) is 10.0 Å². The van der Waals surface area contributed by atoms with Gasteiger partial charge in [0.25, 0.3) is 0 Å². The monoisotopic (exact) mass is 273 g/mol. The van der Waals surface area contributed by atoms with E-state index in [1.54, 1.807) is 6.92 Å². The molecule has 0 aromatic carbocycles. The highest BCUT2D eigenvalue weighted by atomic mass is 32.2. The summed E-state index contributed by atoms with van der Waals surface area (Å²) in [6, 6.07) is 1.14. The van der Waals surface area contributed by atoms with Gasteiger partial charge < -0.3 is 5.11 Å². The molecule has 92 valence electrons. The average molecular weight is 273 g/mol. The van der Waals surface area contributed by atoms with Crippen molar-refractivity contribution in [3.8, 4) is 11.8 Å². The molecule has 2 N–H and O–H groups in total. The Balaban J connectivity index is 2.74. The average Bonchev–Trinajstić information content (AvgIpc) is 2.74. The standard InChI is InChI=1S/C10H11NO4S2/c1-2-3-4-5-11-17(14,15)8-6-9(10(12)13)16-7-8/h6-7,11H,4-5H2,1H3,(H,12,13). The molecule has 7 heteroatoms. The largest absolute Gasteiger partial charge is 0.477 e. The van der Waals surface area contributed by atoms with Crippen LogP contribution < -0.4 is 4.72 Å². The quantitative estimate of drug-likeness (QED) is 0.622. The van der Waals surface area contributed by atoms with E-state index in [0.717, 1.165) is 17.4 Å². The maximum Gasteiger partial charge on any atom is 0.345 e. The van der Waals surface area contributed by atoms with Gasteiger partial charge in [0.1, 0.15) is 4.88 Å². The van der Waals surface area contributed by atoms with Crippen molar-refractivity contribution in [1.82, 2.24) is 4.72 Å². The molecule has 1 rings (SSSR count). The number of sulfonamides is 1. The van der Waals surface area contributed by atoms with Gasteiger partial charge >= 0.3 is 5.97 Å². The number of thiophene rings is 1. The second-order valence-electron chi connectivity index (χ2n) is 3.03. The first-order valence-electron chi connectivity index (χ1n) is 4.68. The molecule has 0 atom stereocenters. The lowest BCUT2D eigenvalue weighted by atomic mass is 10.4. The maximum atomic E-state index is 11.7. The minimum atomic E-state index is -3.62. The fourth-order valence-corrected chi connectivity index (χ4v) is 3.17. The van der Waals surface area contributed by atoms with E-state index in [9.17, 15) is 13.2 Å². The van der Waals surface area contributed by atoms with Crippen molar-refractivity contribution in [2.24, 2.45) is 0 Å². The molecule has 0 saturated heterocycles. The number of hydrogen-bond donors (Lipinski definition) is 2. The molecule has 0 unspecified atom stereocenters. The van der Waals surface area contributed by atoms with E-state index in [1.807, 2.05) is 0 Å².